The lowest BCUT2D eigenvalue weighted by Crippen LogP contribution is -2.32. The van der Waals surface area contributed by atoms with Gasteiger partial charge in [0, 0.05) is 18.5 Å². The van der Waals surface area contributed by atoms with Gasteiger partial charge in [-0.05, 0) is 18.0 Å². The third-order valence-electron chi connectivity index (χ3n) is 2.50. The van der Waals surface area contributed by atoms with E-state index in [1.165, 1.54) is 0 Å². The van der Waals surface area contributed by atoms with Gasteiger partial charge in [0.05, 0.1) is 17.0 Å². The number of aromatic nitrogens is 1. The van der Waals surface area contributed by atoms with Crippen LogP contribution in [0.15, 0.2) is 22.9 Å². The maximum absolute atomic E-state index is 11.7. The Bertz CT molecular complexity index is 517. The van der Waals surface area contributed by atoms with Crippen LogP contribution in [0, 0.1) is 0 Å². The van der Waals surface area contributed by atoms with E-state index < -0.39 is 0 Å². The molecule has 0 aliphatic rings. The van der Waals surface area contributed by atoms with Crippen LogP contribution in [-0.4, -0.2) is 30.5 Å². The molecule has 4 nitrogen and oxygen atoms in total. The molecular weight excluding hydrogens is 349 g/mol. The molecule has 0 bridgehead atoms. The number of nitrogens with zero attached hydrogens (tertiary/aromatic N) is 1. The van der Waals surface area contributed by atoms with Gasteiger partial charge in [0.2, 0.25) is 5.91 Å². The Kier molecular flexibility index (Phi) is 10.6. The number of thiazole rings is 1. The number of halogens is 2. The minimum atomic E-state index is 0. The van der Waals surface area contributed by atoms with Gasteiger partial charge < -0.3 is 10.6 Å². The van der Waals surface area contributed by atoms with Crippen LogP contribution < -0.4 is 10.6 Å². The van der Waals surface area contributed by atoms with Gasteiger partial charge in [0.25, 0.3) is 0 Å². The molecule has 2 heterocycles. The summed E-state index contributed by atoms with van der Waals surface area (Å²) in [5.74, 6) is 0.0286. The Morgan fingerprint density at radius 2 is 2.10 bits per heavy atom. The Balaban J connectivity index is 0.00000200. The highest BCUT2D eigenvalue weighted by atomic mass is 35.5. The second-order valence-corrected chi connectivity index (χ2v) is 5.81. The number of hydrogen-bond acceptors (Lipinski definition) is 5. The number of hydrogen-bond donors (Lipinski definition) is 2. The minimum Gasteiger partial charge on any atom is -0.354 e. The summed E-state index contributed by atoms with van der Waals surface area (Å²) in [5, 5.41) is 11.0. The molecule has 0 aliphatic carbocycles. The highest BCUT2D eigenvalue weighted by Crippen LogP contribution is 2.27. The van der Waals surface area contributed by atoms with Crippen molar-refractivity contribution in [3.8, 4) is 9.88 Å². The average molecular weight is 368 g/mol. The van der Waals surface area contributed by atoms with Crippen molar-refractivity contribution in [2.24, 2.45) is 0 Å². The van der Waals surface area contributed by atoms with E-state index in [0.717, 1.165) is 28.7 Å². The lowest BCUT2D eigenvalue weighted by Gasteiger charge is -2.03. The summed E-state index contributed by atoms with van der Waals surface area (Å²) >= 11 is 3.25. The fourth-order valence-corrected chi connectivity index (χ4v) is 3.23. The van der Waals surface area contributed by atoms with Crippen LogP contribution in [0.4, 0.5) is 0 Å². The molecular formula is C13H19Cl2N3OS2. The second-order valence-electron chi connectivity index (χ2n) is 4.00. The predicted octanol–water partition coefficient (Wildman–Crippen LogP) is 2.98. The third kappa shape index (κ3) is 6.76. The molecule has 0 fully saturated rings. The monoisotopic (exact) mass is 367 g/mol. The molecule has 118 valence electrons. The Morgan fingerprint density at radius 3 is 2.76 bits per heavy atom. The van der Waals surface area contributed by atoms with Gasteiger partial charge in [-0.25, -0.2) is 4.98 Å². The largest absolute Gasteiger partial charge is 0.354 e. The molecule has 0 saturated heterocycles. The summed E-state index contributed by atoms with van der Waals surface area (Å²) in [4.78, 5) is 17.3. The molecule has 1 amide bonds. The topological polar surface area (TPSA) is 54.0 Å². The van der Waals surface area contributed by atoms with Crippen LogP contribution in [0.5, 0.6) is 0 Å². The van der Waals surface area contributed by atoms with E-state index in [1.54, 1.807) is 22.7 Å². The van der Waals surface area contributed by atoms with Crippen LogP contribution in [0.25, 0.3) is 9.88 Å². The van der Waals surface area contributed by atoms with Gasteiger partial charge in [-0.3, -0.25) is 4.79 Å². The lowest BCUT2D eigenvalue weighted by molar-refractivity contribution is -0.120. The van der Waals surface area contributed by atoms with Crippen LogP contribution in [0.1, 0.15) is 12.6 Å². The molecule has 0 aliphatic heterocycles. The molecule has 0 atom stereocenters. The number of likely N-dealkylation sites (N-methyl/N-ethyl adjacent to an activating group) is 1. The van der Waals surface area contributed by atoms with Crippen molar-refractivity contribution in [3.63, 3.8) is 0 Å². The molecule has 0 spiro atoms. The molecule has 0 saturated carbocycles. The van der Waals surface area contributed by atoms with Crippen molar-refractivity contribution >= 4 is 53.4 Å². The molecule has 0 aromatic carbocycles. The van der Waals surface area contributed by atoms with Gasteiger partial charge in [0.1, 0.15) is 5.01 Å². The van der Waals surface area contributed by atoms with Gasteiger partial charge >= 0.3 is 0 Å². The summed E-state index contributed by atoms with van der Waals surface area (Å²) in [6, 6.07) is 4.05. The summed E-state index contributed by atoms with van der Waals surface area (Å²) in [7, 11) is 0. The first-order valence-corrected chi connectivity index (χ1v) is 8.01. The van der Waals surface area contributed by atoms with E-state index in [-0.39, 0.29) is 30.7 Å². The average Bonchev–Trinajstić information content (AvgIpc) is 3.04. The van der Waals surface area contributed by atoms with Crippen molar-refractivity contribution in [3.05, 3.63) is 28.6 Å². The van der Waals surface area contributed by atoms with Crippen LogP contribution in [0.2, 0.25) is 0 Å². The summed E-state index contributed by atoms with van der Waals surface area (Å²) in [6.07, 6.45) is 0.355. The predicted molar refractivity (Wildman–Crippen MR) is 95.2 cm³/mol. The van der Waals surface area contributed by atoms with Crippen molar-refractivity contribution in [2.75, 3.05) is 19.6 Å². The van der Waals surface area contributed by atoms with Gasteiger partial charge in [-0.2, -0.15) is 0 Å². The number of nitrogens with one attached hydrogen (secondary N) is 2. The Hall–Kier alpha value is -0.660. The molecule has 8 heteroatoms. The smallest absolute Gasteiger partial charge is 0.226 e. The number of carbonyl (C=O) groups is 1. The van der Waals surface area contributed by atoms with Crippen molar-refractivity contribution in [2.45, 2.75) is 13.3 Å². The summed E-state index contributed by atoms with van der Waals surface area (Å²) in [5.41, 5.74) is 0.842. The normalized spacial score (nSPS) is 9.57. The van der Waals surface area contributed by atoms with E-state index in [2.05, 4.69) is 15.6 Å². The van der Waals surface area contributed by atoms with Gasteiger partial charge in [-0.1, -0.05) is 13.0 Å². The number of rotatable bonds is 7. The molecule has 0 radical (unpaired) electrons. The fraction of sp³-hybridized carbons (Fsp3) is 0.385. The SMILES string of the molecule is CCNCCNC(=O)Cc1csc(-c2cccs2)n1.Cl.Cl. The Labute approximate surface area is 145 Å². The van der Waals surface area contributed by atoms with Crippen LogP contribution in [0.3, 0.4) is 0 Å². The second kappa shape index (κ2) is 11.0. The lowest BCUT2D eigenvalue weighted by atomic mass is 10.3. The van der Waals surface area contributed by atoms with Crippen LogP contribution in [-0.2, 0) is 11.2 Å². The van der Waals surface area contributed by atoms with Crippen molar-refractivity contribution in [1.29, 1.82) is 0 Å². The van der Waals surface area contributed by atoms with E-state index in [1.807, 2.05) is 29.8 Å². The Morgan fingerprint density at radius 1 is 1.29 bits per heavy atom. The first kappa shape index (κ1) is 20.3. The quantitative estimate of drug-likeness (QED) is 0.739. The summed E-state index contributed by atoms with van der Waals surface area (Å²) < 4.78 is 0. The number of thiophene rings is 1. The minimum absolute atomic E-state index is 0. The first-order valence-electron chi connectivity index (χ1n) is 6.25. The van der Waals surface area contributed by atoms with E-state index in [9.17, 15) is 4.79 Å². The molecule has 2 rings (SSSR count). The zero-order valence-electron chi connectivity index (χ0n) is 11.6. The van der Waals surface area contributed by atoms with Crippen molar-refractivity contribution in [1.82, 2.24) is 15.6 Å². The van der Waals surface area contributed by atoms with Gasteiger partial charge in [-0.15, -0.1) is 47.5 Å². The zero-order chi connectivity index (χ0) is 13.5. The van der Waals surface area contributed by atoms with E-state index >= 15 is 0 Å². The zero-order valence-corrected chi connectivity index (χ0v) is 14.9. The molecule has 2 N–H and O–H groups in total. The maximum Gasteiger partial charge on any atom is 0.226 e. The van der Waals surface area contributed by atoms with E-state index in [0.29, 0.717) is 13.0 Å². The molecule has 2 aromatic heterocycles. The fourth-order valence-electron chi connectivity index (χ4n) is 1.60. The molecule has 2 aromatic rings. The van der Waals surface area contributed by atoms with Gasteiger partial charge in [0.15, 0.2) is 0 Å². The summed E-state index contributed by atoms with van der Waals surface area (Å²) in [6.45, 7) is 4.43. The number of carbonyl (C=O) groups excluding carboxylic acids is 1. The molecule has 0 unspecified atom stereocenters. The third-order valence-corrected chi connectivity index (χ3v) is 4.43. The maximum atomic E-state index is 11.7. The van der Waals surface area contributed by atoms with E-state index in [4.69, 9.17) is 0 Å². The van der Waals surface area contributed by atoms with Crippen molar-refractivity contribution < 1.29 is 4.79 Å². The van der Waals surface area contributed by atoms with Crippen LogP contribution >= 0.6 is 47.5 Å². The highest BCUT2D eigenvalue weighted by Gasteiger charge is 2.09. The first-order chi connectivity index (χ1) is 9.29. The molecule has 21 heavy (non-hydrogen) atoms. The highest BCUT2D eigenvalue weighted by molar-refractivity contribution is 7.20. The number of amides is 1. The standard InChI is InChI=1S/C13H17N3OS2.2ClH/c1-2-14-5-6-15-12(17)8-10-9-19-13(16-10)11-4-3-7-18-11;;/h3-4,7,9,14H,2,5-6,8H2,1H3,(H,15,17);2*1H.